The summed E-state index contributed by atoms with van der Waals surface area (Å²) in [5.41, 5.74) is 5.32. The lowest BCUT2D eigenvalue weighted by Gasteiger charge is -2.10. The maximum atomic E-state index is 11.1. The zero-order valence-corrected chi connectivity index (χ0v) is 33.9. The molecule has 0 aromatic heterocycles. The molecule has 22 heteroatoms. The summed E-state index contributed by atoms with van der Waals surface area (Å²) in [6.45, 7) is 1.81. The lowest BCUT2D eigenvalue weighted by molar-refractivity contribution is -0.403. The van der Waals surface area contributed by atoms with Crippen molar-refractivity contribution in [3.8, 4) is 11.5 Å². The van der Waals surface area contributed by atoms with Crippen LogP contribution in [0.4, 0.5) is 17.1 Å². The van der Waals surface area contributed by atoms with Crippen LogP contribution in [0.15, 0.2) is 78.9 Å². The van der Waals surface area contributed by atoms with Gasteiger partial charge in [0.1, 0.15) is 5.02 Å². The summed E-state index contributed by atoms with van der Waals surface area (Å²) >= 11 is 36.8. The van der Waals surface area contributed by atoms with Crippen LogP contribution < -0.4 is 15.9 Å². The van der Waals surface area contributed by atoms with Gasteiger partial charge in [-0.2, -0.15) is 0 Å². The third-order valence-electron chi connectivity index (χ3n) is 6.44. The van der Waals surface area contributed by atoms with Crippen LogP contribution in [0.1, 0.15) is 25.5 Å². The van der Waals surface area contributed by atoms with Crippen molar-refractivity contribution in [2.45, 2.75) is 25.9 Å². The van der Waals surface area contributed by atoms with E-state index in [9.17, 15) is 40.6 Å². The van der Waals surface area contributed by atoms with E-state index < -0.39 is 43.3 Å². The first-order valence-corrected chi connectivity index (χ1v) is 18.8. The van der Waals surface area contributed by atoms with Gasteiger partial charge in [-0.05, 0) is 59.2 Å². The number of benzene rings is 5. The number of halogens is 6. The Balaban J connectivity index is 0.000000373. The Morgan fingerprint density at radius 2 is 1.27 bits per heavy atom. The molecule has 14 nitrogen and oxygen atoms in total. The molecule has 0 saturated carbocycles. The van der Waals surface area contributed by atoms with Crippen molar-refractivity contribution in [2.75, 3.05) is 0 Å². The summed E-state index contributed by atoms with van der Waals surface area (Å²) in [4.78, 5) is 28.0. The topological polar surface area (TPSA) is 249 Å². The number of fused-ring (bicyclic) bond motifs is 1. The van der Waals surface area contributed by atoms with E-state index in [-0.39, 0.29) is 27.7 Å². The van der Waals surface area contributed by atoms with Crippen LogP contribution in [0.2, 0.25) is 30.1 Å². The Bertz CT molecular complexity index is 2230. The monoisotopic (exact) mass is 922 g/mol. The molecule has 5 aromatic rings. The van der Waals surface area contributed by atoms with Crippen LogP contribution >= 0.6 is 93.1 Å². The quantitative estimate of drug-likeness (QED) is 0.0455. The number of nitro benzene ring substituents is 3. The van der Waals surface area contributed by atoms with Crippen LogP contribution in [0, 0.1) is 41.2 Å². The third-order valence-corrected chi connectivity index (χ3v) is 10.1. The summed E-state index contributed by atoms with van der Waals surface area (Å²) in [6.07, 6.45) is 0. The normalized spacial score (nSPS) is 9.91. The highest BCUT2D eigenvalue weighted by molar-refractivity contribution is 8.13. The molecule has 0 spiro atoms. The molecule has 298 valence electrons. The molecule has 5 rings (SSSR count). The second kappa shape index (κ2) is 23.7. The first-order valence-electron chi connectivity index (χ1n) is 14.6. The van der Waals surface area contributed by atoms with Gasteiger partial charge in [0, 0.05) is 43.0 Å². The molecule has 0 bridgehead atoms. The van der Waals surface area contributed by atoms with Crippen LogP contribution in [-0.2, 0) is 11.5 Å². The van der Waals surface area contributed by atoms with Gasteiger partial charge in [-0.15, -0.1) is 11.8 Å². The average Bonchev–Trinajstić information content (AvgIpc) is 3.11. The Hall–Kier alpha value is -4.26. The summed E-state index contributed by atoms with van der Waals surface area (Å²) in [5.74, 6) is -0.338. The van der Waals surface area contributed by atoms with Gasteiger partial charge >= 0.3 is 0 Å². The predicted molar refractivity (Wildman–Crippen MR) is 227 cm³/mol. The highest BCUT2D eigenvalue weighted by Gasteiger charge is 2.19. The largest absolute Gasteiger partial charge is 0.868 e. The average molecular weight is 925 g/mol. The number of nitrogens with one attached hydrogen (secondary N) is 2. The van der Waals surface area contributed by atoms with Gasteiger partial charge in [-0.1, -0.05) is 131 Å². The Labute approximate surface area is 358 Å². The maximum absolute atomic E-state index is 11.1. The van der Waals surface area contributed by atoms with E-state index in [0.717, 1.165) is 39.9 Å². The number of hydrogen-bond acceptors (Lipinski definition) is 12. The molecule has 0 aliphatic carbocycles. The molecule has 0 aliphatic rings. The minimum Gasteiger partial charge on any atom is -0.868 e. The van der Waals surface area contributed by atoms with Crippen molar-refractivity contribution in [1.29, 1.82) is 10.8 Å². The number of nitro groups is 3. The van der Waals surface area contributed by atoms with Crippen molar-refractivity contribution >= 4 is 131 Å². The number of amidine groups is 1. The number of nitrogens with zero attached hydrogens (tertiary/aromatic N) is 3. The van der Waals surface area contributed by atoms with Crippen molar-refractivity contribution < 1.29 is 25.0 Å². The second-order valence-electron chi connectivity index (χ2n) is 10.2. The fraction of sp³-hybridized carbons (Fsp3) is 0.118. The smallest absolute Gasteiger partial charge is 0.283 e. The first kappa shape index (κ1) is 49.8. The highest BCUT2D eigenvalue weighted by Crippen LogP contribution is 2.42. The molecule has 0 saturated heterocycles. The summed E-state index contributed by atoms with van der Waals surface area (Å²) in [7, 11) is 0. The zero-order valence-electron chi connectivity index (χ0n) is 27.7. The second-order valence-corrected chi connectivity index (χ2v) is 14.9. The van der Waals surface area contributed by atoms with Crippen LogP contribution in [0.3, 0.4) is 0 Å². The minimum atomic E-state index is -0.949. The molecule has 5 aromatic carbocycles. The van der Waals surface area contributed by atoms with Crippen LogP contribution in [-0.4, -0.2) is 25.0 Å². The molecule has 0 radical (unpaired) electrons. The van der Waals surface area contributed by atoms with Crippen molar-refractivity contribution in [3.63, 3.8) is 0 Å². The zero-order chi connectivity index (χ0) is 41.6. The van der Waals surface area contributed by atoms with Gasteiger partial charge in [-0.3, -0.25) is 41.2 Å². The summed E-state index contributed by atoms with van der Waals surface area (Å²) in [6, 6.07) is 20.8. The molecule has 0 amide bonds. The van der Waals surface area contributed by atoms with Gasteiger partial charge < -0.3 is 15.9 Å². The van der Waals surface area contributed by atoms with E-state index in [2.05, 4.69) is 6.07 Å². The first-order chi connectivity index (χ1) is 25.7. The molecule has 4 N–H and O–H groups in total. The lowest BCUT2D eigenvalue weighted by atomic mass is 10.1. The van der Waals surface area contributed by atoms with Crippen molar-refractivity contribution in [2.24, 2.45) is 5.73 Å². The predicted octanol–water partition coefficient (Wildman–Crippen LogP) is 11.7. The van der Waals surface area contributed by atoms with Gasteiger partial charge in [0.2, 0.25) is 0 Å². The standard InChI is InChI=1S/C13H12ClNS.C8H8Cl2N2S.C6H2Cl3NO3.C6H4N2O5.CH4/c1-9(15)16-8-10-6-7-13(14)12-5-3-2-4-11(10)12;9-6-2-1-5(7(10)3-6)4-13-8(11)12;7-2-1-3(8)6(11)5(4(2)9)10(12)13;9-6-2-1-4(7(10)11)3-5(6)8(12)13;/h2-7,15H,8H2,1H3;1-3H,4H2,(H3,11,12);1,11H;1-3,9H;1H4/p-2. The molecular formula is C34H28Cl6N6O8S2-2. The molecule has 0 heterocycles. The number of nitrogens with two attached hydrogens (primary N) is 1. The minimum absolute atomic E-state index is 0. The third kappa shape index (κ3) is 15.3. The Kier molecular flexibility index (Phi) is 21.1. The van der Waals surface area contributed by atoms with E-state index in [0.29, 0.717) is 26.9 Å². The Morgan fingerprint density at radius 1 is 0.679 bits per heavy atom. The Morgan fingerprint density at radius 3 is 1.80 bits per heavy atom. The fourth-order valence-corrected chi connectivity index (χ4v) is 6.55. The maximum Gasteiger partial charge on any atom is 0.283 e. The van der Waals surface area contributed by atoms with E-state index in [1.54, 1.807) is 23.9 Å². The SMILES string of the molecule is C.CC(=N)SCc1ccc(Cl)c2ccccc12.N=C(N)SCc1ccc(Cl)cc1Cl.O=[N+]([O-])c1c([O-])c(Cl)cc(Cl)c1Cl.O=[N+]([O-])c1ccc([O-])c([N+](=O)[O-])c1. The van der Waals surface area contributed by atoms with Gasteiger partial charge in [-0.25, -0.2) is 0 Å². The number of non-ortho nitro benzene ring substituents is 1. The van der Waals surface area contributed by atoms with Gasteiger partial charge in [0.25, 0.3) is 17.1 Å². The van der Waals surface area contributed by atoms with E-state index in [1.165, 1.54) is 22.7 Å². The lowest BCUT2D eigenvalue weighted by Crippen LogP contribution is -2.03. The summed E-state index contributed by atoms with van der Waals surface area (Å²) in [5, 5.41) is 71.2. The molecule has 0 aliphatic heterocycles. The van der Waals surface area contributed by atoms with Gasteiger partial charge in [0.05, 0.1) is 30.9 Å². The molecular weight excluding hydrogens is 897 g/mol. The number of thioether (sulfide) groups is 2. The molecule has 56 heavy (non-hydrogen) atoms. The molecule has 0 atom stereocenters. The van der Waals surface area contributed by atoms with E-state index in [4.69, 9.17) is 86.2 Å². The highest BCUT2D eigenvalue weighted by atomic mass is 35.5. The van der Waals surface area contributed by atoms with E-state index in [1.807, 2.05) is 43.3 Å². The number of rotatable bonds is 7. The number of hydrogen-bond donors (Lipinski definition) is 3. The van der Waals surface area contributed by atoms with Crippen molar-refractivity contribution in [3.05, 3.63) is 150 Å². The summed E-state index contributed by atoms with van der Waals surface area (Å²) < 4.78 is 0. The van der Waals surface area contributed by atoms with Crippen molar-refractivity contribution in [1.82, 2.24) is 0 Å². The molecule has 0 unspecified atom stereocenters. The van der Waals surface area contributed by atoms with E-state index >= 15 is 0 Å². The molecule has 0 fully saturated rings. The van der Waals surface area contributed by atoms with Gasteiger partial charge in [0.15, 0.2) is 5.17 Å². The van der Waals surface area contributed by atoms with Crippen LogP contribution in [0.25, 0.3) is 10.8 Å². The fourth-order valence-electron chi connectivity index (χ4n) is 3.92. The van der Waals surface area contributed by atoms with Crippen LogP contribution in [0.5, 0.6) is 11.5 Å².